The van der Waals surface area contributed by atoms with Gasteiger partial charge in [-0.2, -0.15) is 0 Å². The van der Waals surface area contributed by atoms with Gasteiger partial charge >= 0.3 is 0 Å². The van der Waals surface area contributed by atoms with Gasteiger partial charge in [0.1, 0.15) is 23.7 Å². The predicted octanol–water partition coefficient (Wildman–Crippen LogP) is 6.72. The zero-order chi connectivity index (χ0) is 22.8. The van der Waals surface area contributed by atoms with Crippen LogP contribution in [-0.4, -0.2) is 37.4 Å². The first-order valence-corrected chi connectivity index (χ1v) is 11.4. The Bertz CT molecular complexity index is 949. The number of nitrogens with zero attached hydrogens (tertiary/aromatic N) is 1. The molecule has 2 rings (SSSR count). The van der Waals surface area contributed by atoms with Crippen LogP contribution in [0.5, 0.6) is 0 Å². The maximum atomic E-state index is 13.6. The number of ketones is 1. The molecule has 1 heterocycles. The van der Waals surface area contributed by atoms with Crippen LogP contribution in [0.3, 0.4) is 0 Å². The molecule has 0 aliphatic carbocycles. The number of rotatable bonds is 13. The second-order valence-electron chi connectivity index (χ2n) is 7.89. The van der Waals surface area contributed by atoms with Crippen molar-refractivity contribution in [3.63, 3.8) is 0 Å². The second-order valence-corrected chi connectivity index (χ2v) is 7.89. The third-order valence-corrected chi connectivity index (χ3v) is 5.44. The Kier molecular flexibility index (Phi) is 9.80. The van der Waals surface area contributed by atoms with Crippen molar-refractivity contribution in [2.24, 2.45) is 0 Å². The average molecular weight is 424 g/mol. The number of furan rings is 1. The molecule has 0 atom stereocenters. The maximum absolute atomic E-state index is 13.6. The summed E-state index contributed by atoms with van der Waals surface area (Å²) in [7, 11) is 2.06. The summed E-state index contributed by atoms with van der Waals surface area (Å²) in [4.78, 5) is 15.8. The van der Waals surface area contributed by atoms with Gasteiger partial charge in [0, 0.05) is 23.9 Å². The fraction of sp³-hybridized carbons (Fsp3) is 0.444. The van der Waals surface area contributed by atoms with E-state index in [1.54, 1.807) is 0 Å². The van der Waals surface area contributed by atoms with Crippen LogP contribution in [0.4, 0.5) is 0 Å². The standard InChI is InChI=1S/C27H37NO3/c1-7-10-15-25-26(23-14-11-12-16-24(23)31-25)27(29)22(13-8-2)19-20(4)21(5)30-18-17-28(6)9-3/h11-14,16,19H,5,7-10,15,17-18H2,1-4,6H3/b20-19-,22-13+. The van der Waals surface area contributed by atoms with E-state index in [-0.39, 0.29) is 5.78 Å². The number of aryl methyl sites for hydroxylation is 1. The van der Waals surface area contributed by atoms with Gasteiger partial charge in [-0.25, -0.2) is 0 Å². The maximum Gasteiger partial charge on any atom is 0.196 e. The van der Waals surface area contributed by atoms with Crippen LogP contribution in [0.1, 0.15) is 63.1 Å². The molecule has 1 aromatic heterocycles. The number of carbonyl (C=O) groups is 1. The molecule has 4 nitrogen and oxygen atoms in total. The van der Waals surface area contributed by atoms with Crippen LogP contribution < -0.4 is 0 Å². The highest BCUT2D eigenvalue weighted by Crippen LogP contribution is 2.30. The fourth-order valence-corrected chi connectivity index (χ4v) is 3.35. The molecule has 0 fully saturated rings. The van der Waals surface area contributed by atoms with Crippen molar-refractivity contribution in [2.75, 3.05) is 26.7 Å². The average Bonchev–Trinajstić information content (AvgIpc) is 3.14. The highest BCUT2D eigenvalue weighted by atomic mass is 16.5. The number of hydrogen-bond acceptors (Lipinski definition) is 4. The van der Waals surface area contributed by atoms with Crippen LogP contribution in [0.15, 0.2) is 64.3 Å². The topological polar surface area (TPSA) is 42.7 Å². The van der Waals surface area contributed by atoms with Crippen molar-refractivity contribution in [2.45, 2.75) is 53.4 Å². The number of allylic oxidation sites excluding steroid dienone is 4. The van der Waals surface area contributed by atoms with Crippen LogP contribution in [-0.2, 0) is 11.2 Å². The summed E-state index contributed by atoms with van der Waals surface area (Å²) in [6.07, 6.45) is 7.41. The summed E-state index contributed by atoms with van der Waals surface area (Å²) >= 11 is 0. The Labute approximate surface area is 187 Å². The fourth-order valence-electron chi connectivity index (χ4n) is 3.35. The number of para-hydroxylation sites is 1. The lowest BCUT2D eigenvalue weighted by molar-refractivity contribution is 0.103. The second kappa shape index (κ2) is 12.3. The van der Waals surface area contributed by atoms with Crippen molar-refractivity contribution in [1.29, 1.82) is 0 Å². The van der Waals surface area contributed by atoms with E-state index >= 15 is 0 Å². The van der Waals surface area contributed by atoms with E-state index in [1.165, 1.54) is 0 Å². The van der Waals surface area contributed by atoms with Crippen molar-refractivity contribution < 1.29 is 13.9 Å². The van der Waals surface area contributed by atoms with Crippen LogP contribution >= 0.6 is 0 Å². The summed E-state index contributed by atoms with van der Waals surface area (Å²) < 4.78 is 11.9. The van der Waals surface area contributed by atoms with Gasteiger partial charge in [-0.05, 0) is 51.1 Å². The predicted molar refractivity (Wildman–Crippen MR) is 130 cm³/mol. The van der Waals surface area contributed by atoms with E-state index in [2.05, 4.69) is 32.4 Å². The molecule has 0 bridgehead atoms. The minimum absolute atomic E-state index is 0.00392. The lowest BCUT2D eigenvalue weighted by Crippen LogP contribution is -2.22. The molecule has 31 heavy (non-hydrogen) atoms. The van der Waals surface area contributed by atoms with Gasteiger partial charge < -0.3 is 14.1 Å². The molecular formula is C27H37NO3. The number of hydrogen-bond donors (Lipinski definition) is 0. The summed E-state index contributed by atoms with van der Waals surface area (Å²) in [5, 5.41) is 0.879. The third-order valence-electron chi connectivity index (χ3n) is 5.44. The van der Waals surface area contributed by atoms with Crippen LogP contribution in [0, 0.1) is 0 Å². The SMILES string of the molecule is C=C(OCCN(C)CC)/C(C)=C\C(=C/CC)C(=O)c1c(CCCC)oc2ccccc12. The van der Waals surface area contributed by atoms with E-state index in [4.69, 9.17) is 9.15 Å². The molecule has 168 valence electrons. The molecule has 0 spiro atoms. The number of benzene rings is 1. The third kappa shape index (κ3) is 6.70. The molecule has 0 saturated carbocycles. The van der Waals surface area contributed by atoms with Crippen molar-refractivity contribution in [3.05, 3.63) is 71.2 Å². The quantitative estimate of drug-likeness (QED) is 0.155. The highest BCUT2D eigenvalue weighted by Gasteiger charge is 2.22. The number of carbonyl (C=O) groups excluding carboxylic acids is 1. The summed E-state index contributed by atoms with van der Waals surface area (Å²) in [6, 6.07) is 7.78. The van der Waals surface area contributed by atoms with E-state index < -0.39 is 0 Å². The molecule has 0 N–H and O–H groups in total. The smallest absolute Gasteiger partial charge is 0.196 e. The first-order valence-electron chi connectivity index (χ1n) is 11.4. The molecule has 0 saturated heterocycles. The van der Waals surface area contributed by atoms with Crippen molar-refractivity contribution in [3.8, 4) is 0 Å². The van der Waals surface area contributed by atoms with Gasteiger partial charge in [-0.15, -0.1) is 0 Å². The Balaban J connectivity index is 2.31. The monoisotopic (exact) mass is 423 g/mol. The number of fused-ring (bicyclic) bond motifs is 1. The first-order chi connectivity index (χ1) is 14.9. The zero-order valence-corrected chi connectivity index (χ0v) is 19.8. The van der Waals surface area contributed by atoms with Crippen molar-refractivity contribution in [1.82, 2.24) is 4.90 Å². The van der Waals surface area contributed by atoms with E-state index in [0.717, 1.165) is 61.1 Å². The molecule has 0 unspecified atom stereocenters. The molecule has 1 aromatic carbocycles. The van der Waals surface area contributed by atoms with Crippen molar-refractivity contribution >= 4 is 16.8 Å². The lowest BCUT2D eigenvalue weighted by Gasteiger charge is -2.16. The zero-order valence-electron chi connectivity index (χ0n) is 19.8. The molecular weight excluding hydrogens is 386 g/mol. The Hall–Kier alpha value is -2.59. The van der Waals surface area contributed by atoms with Crippen LogP contribution in [0.25, 0.3) is 11.0 Å². The molecule has 2 aromatic rings. The Morgan fingerprint density at radius 3 is 2.65 bits per heavy atom. The molecule has 0 radical (unpaired) electrons. The van der Waals surface area contributed by atoms with E-state index in [1.807, 2.05) is 50.3 Å². The normalized spacial score (nSPS) is 12.6. The minimum Gasteiger partial charge on any atom is -0.493 e. The van der Waals surface area contributed by atoms with E-state index in [0.29, 0.717) is 23.5 Å². The molecule has 0 aliphatic rings. The Morgan fingerprint density at radius 1 is 1.23 bits per heavy atom. The minimum atomic E-state index is -0.00392. The van der Waals surface area contributed by atoms with E-state index in [9.17, 15) is 4.79 Å². The number of Topliss-reactive ketones (excluding diaryl/α,β-unsaturated/α-hetero) is 1. The number of likely N-dealkylation sites (N-methyl/N-ethyl adjacent to an activating group) is 1. The highest BCUT2D eigenvalue weighted by molar-refractivity contribution is 6.18. The number of unbranched alkanes of at least 4 members (excludes halogenated alkanes) is 1. The molecule has 0 aliphatic heterocycles. The van der Waals surface area contributed by atoms with Gasteiger partial charge in [-0.3, -0.25) is 4.79 Å². The molecule has 0 amide bonds. The van der Waals surface area contributed by atoms with Gasteiger partial charge in [0.25, 0.3) is 0 Å². The summed E-state index contributed by atoms with van der Waals surface area (Å²) in [5.74, 6) is 1.37. The van der Waals surface area contributed by atoms with Gasteiger partial charge in [0.15, 0.2) is 5.78 Å². The number of ether oxygens (including phenoxy) is 1. The summed E-state index contributed by atoms with van der Waals surface area (Å²) in [5.41, 5.74) is 2.96. The Morgan fingerprint density at radius 2 is 1.97 bits per heavy atom. The van der Waals surface area contributed by atoms with Gasteiger partial charge in [0.2, 0.25) is 0 Å². The van der Waals surface area contributed by atoms with Crippen LogP contribution in [0.2, 0.25) is 0 Å². The first kappa shape index (κ1) is 24.7. The lowest BCUT2D eigenvalue weighted by atomic mass is 9.96. The van der Waals surface area contributed by atoms with Gasteiger partial charge in [0.05, 0.1) is 5.56 Å². The summed E-state index contributed by atoms with van der Waals surface area (Å²) in [6.45, 7) is 14.7. The molecule has 4 heteroatoms. The largest absolute Gasteiger partial charge is 0.493 e. The van der Waals surface area contributed by atoms with Gasteiger partial charge in [-0.1, -0.05) is 58.0 Å².